The second-order valence-corrected chi connectivity index (χ2v) is 6.17. The van der Waals surface area contributed by atoms with E-state index in [2.05, 4.69) is 64.1 Å². The molecule has 0 fully saturated rings. The molecule has 0 amide bonds. The second-order valence-electron chi connectivity index (χ2n) is 5.31. The van der Waals surface area contributed by atoms with Crippen LogP contribution in [0.25, 0.3) is 0 Å². The highest BCUT2D eigenvalue weighted by Crippen LogP contribution is 2.24. The van der Waals surface area contributed by atoms with Gasteiger partial charge in [0.1, 0.15) is 0 Å². The normalized spacial score (nSPS) is 12.6. The van der Waals surface area contributed by atoms with E-state index in [9.17, 15) is 0 Å². The van der Waals surface area contributed by atoms with Gasteiger partial charge in [-0.25, -0.2) is 0 Å². The molecule has 0 radical (unpaired) electrons. The second kappa shape index (κ2) is 7.69. The lowest BCUT2D eigenvalue weighted by Crippen LogP contribution is -2.32. The molecule has 4 heteroatoms. The molecule has 1 atom stereocenters. The van der Waals surface area contributed by atoms with Gasteiger partial charge >= 0.3 is 0 Å². The van der Waals surface area contributed by atoms with Crippen molar-refractivity contribution in [2.24, 2.45) is 5.73 Å². The van der Waals surface area contributed by atoms with Crippen molar-refractivity contribution in [2.45, 2.75) is 19.4 Å². The van der Waals surface area contributed by atoms with Crippen molar-refractivity contribution >= 4 is 15.9 Å². The maximum atomic E-state index is 5.99. The average molecular weight is 348 g/mol. The molecule has 3 nitrogen and oxygen atoms in total. The number of pyridine rings is 1. The van der Waals surface area contributed by atoms with Crippen LogP contribution in [0.3, 0.4) is 0 Å². The Morgan fingerprint density at radius 2 is 2.10 bits per heavy atom. The number of hydrogen-bond acceptors (Lipinski definition) is 3. The van der Waals surface area contributed by atoms with Gasteiger partial charge in [-0.05, 0) is 43.3 Å². The first kappa shape index (κ1) is 16.1. The van der Waals surface area contributed by atoms with Gasteiger partial charge in [0.05, 0.1) is 0 Å². The molecule has 0 saturated carbocycles. The minimum Gasteiger partial charge on any atom is -0.329 e. The maximum Gasteiger partial charge on any atom is 0.0467 e. The summed E-state index contributed by atoms with van der Waals surface area (Å²) in [5.74, 6) is 0. The van der Waals surface area contributed by atoms with E-state index in [1.807, 2.05) is 18.3 Å². The zero-order chi connectivity index (χ0) is 15.2. The third-order valence-corrected chi connectivity index (χ3v) is 4.66. The van der Waals surface area contributed by atoms with Crippen LogP contribution < -0.4 is 5.73 Å². The van der Waals surface area contributed by atoms with Crippen LogP contribution in [-0.2, 0) is 6.42 Å². The molecular formula is C17H22BrN3. The van der Waals surface area contributed by atoms with Crippen molar-refractivity contribution in [1.82, 2.24) is 9.88 Å². The summed E-state index contributed by atoms with van der Waals surface area (Å²) < 4.78 is 1.14. The number of nitrogens with two attached hydrogens (primary N) is 1. The summed E-state index contributed by atoms with van der Waals surface area (Å²) >= 11 is 3.55. The highest BCUT2D eigenvalue weighted by molar-refractivity contribution is 9.10. The van der Waals surface area contributed by atoms with Gasteiger partial charge in [-0.2, -0.15) is 0 Å². The molecule has 0 aliphatic rings. The summed E-state index contributed by atoms with van der Waals surface area (Å²) in [4.78, 5) is 6.67. The molecule has 1 unspecified atom stereocenters. The molecule has 0 aliphatic heterocycles. The van der Waals surface area contributed by atoms with Crippen LogP contribution in [0, 0.1) is 6.92 Å². The van der Waals surface area contributed by atoms with Gasteiger partial charge in [-0.15, -0.1) is 0 Å². The molecule has 0 aliphatic carbocycles. The van der Waals surface area contributed by atoms with Crippen LogP contribution in [0.1, 0.15) is 22.9 Å². The summed E-state index contributed by atoms with van der Waals surface area (Å²) in [7, 11) is 2.12. The third-order valence-electron chi connectivity index (χ3n) is 3.77. The number of hydrogen-bond donors (Lipinski definition) is 1. The largest absolute Gasteiger partial charge is 0.329 e. The standard InChI is InChI=1S/C17H22BrN3/c1-13-11-14(6-7-16(13)18)17(12-19)21(2)10-8-15-5-3-4-9-20-15/h3-7,9,11,17H,8,10,12,19H2,1-2H3. The Balaban J connectivity index is 2.04. The molecule has 1 aromatic carbocycles. The molecule has 1 aromatic heterocycles. The monoisotopic (exact) mass is 347 g/mol. The van der Waals surface area contributed by atoms with Gasteiger partial charge in [0, 0.05) is 41.9 Å². The summed E-state index contributed by atoms with van der Waals surface area (Å²) in [6.45, 7) is 3.66. The molecule has 0 spiro atoms. The van der Waals surface area contributed by atoms with Crippen molar-refractivity contribution in [2.75, 3.05) is 20.1 Å². The highest BCUT2D eigenvalue weighted by atomic mass is 79.9. The zero-order valence-corrected chi connectivity index (χ0v) is 14.2. The lowest BCUT2D eigenvalue weighted by Gasteiger charge is -2.27. The molecular weight excluding hydrogens is 326 g/mol. The van der Waals surface area contributed by atoms with Crippen LogP contribution >= 0.6 is 15.9 Å². The summed E-state index contributed by atoms with van der Waals surface area (Å²) in [5, 5.41) is 0. The Morgan fingerprint density at radius 1 is 1.29 bits per heavy atom. The van der Waals surface area contributed by atoms with E-state index >= 15 is 0 Å². The molecule has 0 bridgehead atoms. The Hall–Kier alpha value is -1.23. The van der Waals surface area contributed by atoms with E-state index < -0.39 is 0 Å². The first-order chi connectivity index (χ1) is 10.1. The average Bonchev–Trinajstić information content (AvgIpc) is 2.50. The van der Waals surface area contributed by atoms with E-state index in [4.69, 9.17) is 5.73 Å². The maximum absolute atomic E-state index is 5.99. The predicted molar refractivity (Wildman–Crippen MR) is 91.2 cm³/mol. The van der Waals surface area contributed by atoms with Gasteiger partial charge in [0.15, 0.2) is 0 Å². The van der Waals surface area contributed by atoms with Gasteiger partial charge in [0.2, 0.25) is 0 Å². The fourth-order valence-corrected chi connectivity index (χ4v) is 2.69. The van der Waals surface area contributed by atoms with Gasteiger partial charge in [0.25, 0.3) is 0 Å². The quantitative estimate of drug-likeness (QED) is 0.871. The Labute approximate surface area is 135 Å². The fourth-order valence-electron chi connectivity index (χ4n) is 2.44. The first-order valence-corrected chi connectivity index (χ1v) is 7.97. The number of aromatic nitrogens is 1. The van der Waals surface area contributed by atoms with E-state index in [1.165, 1.54) is 11.1 Å². The number of benzene rings is 1. The SMILES string of the molecule is Cc1cc(C(CN)N(C)CCc2ccccn2)ccc1Br. The summed E-state index contributed by atoms with van der Waals surface area (Å²) in [5.41, 5.74) is 9.62. The van der Waals surface area contributed by atoms with E-state index in [0.29, 0.717) is 6.54 Å². The highest BCUT2D eigenvalue weighted by Gasteiger charge is 2.16. The van der Waals surface area contributed by atoms with Gasteiger partial charge in [-0.3, -0.25) is 9.88 Å². The third kappa shape index (κ3) is 4.37. The van der Waals surface area contributed by atoms with Crippen molar-refractivity contribution < 1.29 is 0 Å². The van der Waals surface area contributed by atoms with E-state index in [1.54, 1.807) is 0 Å². The van der Waals surface area contributed by atoms with Crippen molar-refractivity contribution in [3.05, 3.63) is 63.9 Å². The lowest BCUT2D eigenvalue weighted by molar-refractivity contribution is 0.252. The van der Waals surface area contributed by atoms with Crippen molar-refractivity contribution in [3.63, 3.8) is 0 Å². The Bertz CT molecular complexity index is 572. The summed E-state index contributed by atoms with van der Waals surface area (Å²) in [6, 6.07) is 12.7. The molecule has 1 heterocycles. The molecule has 2 aromatic rings. The van der Waals surface area contributed by atoms with Crippen LogP contribution in [-0.4, -0.2) is 30.0 Å². The molecule has 2 rings (SSSR count). The molecule has 0 saturated heterocycles. The molecule has 21 heavy (non-hydrogen) atoms. The number of likely N-dealkylation sites (N-methyl/N-ethyl adjacent to an activating group) is 1. The minimum atomic E-state index is 0.237. The predicted octanol–water partition coefficient (Wildman–Crippen LogP) is 3.33. The molecule has 112 valence electrons. The Kier molecular flexibility index (Phi) is 5.91. The number of aryl methyl sites for hydroxylation is 1. The van der Waals surface area contributed by atoms with Gasteiger partial charge in [-0.1, -0.05) is 34.1 Å². The van der Waals surface area contributed by atoms with Crippen LogP contribution in [0.5, 0.6) is 0 Å². The van der Waals surface area contributed by atoms with Crippen molar-refractivity contribution in [1.29, 1.82) is 0 Å². The minimum absolute atomic E-state index is 0.237. The van der Waals surface area contributed by atoms with E-state index in [0.717, 1.165) is 23.1 Å². The smallest absolute Gasteiger partial charge is 0.0467 e. The van der Waals surface area contributed by atoms with Gasteiger partial charge < -0.3 is 5.73 Å². The number of halogens is 1. The summed E-state index contributed by atoms with van der Waals surface area (Å²) in [6.07, 6.45) is 2.77. The lowest BCUT2D eigenvalue weighted by atomic mass is 10.0. The topological polar surface area (TPSA) is 42.1 Å². The van der Waals surface area contributed by atoms with E-state index in [-0.39, 0.29) is 6.04 Å². The zero-order valence-electron chi connectivity index (χ0n) is 12.6. The van der Waals surface area contributed by atoms with Crippen LogP contribution in [0.4, 0.5) is 0 Å². The number of rotatable bonds is 6. The number of nitrogens with zero attached hydrogens (tertiary/aromatic N) is 2. The Morgan fingerprint density at radius 3 is 2.71 bits per heavy atom. The fraction of sp³-hybridized carbons (Fsp3) is 0.353. The van der Waals surface area contributed by atoms with Crippen molar-refractivity contribution in [3.8, 4) is 0 Å². The molecule has 2 N–H and O–H groups in total. The first-order valence-electron chi connectivity index (χ1n) is 7.18. The van der Waals surface area contributed by atoms with Crippen LogP contribution in [0.2, 0.25) is 0 Å². The van der Waals surface area contributed by atoms with Crippen LogP contribution in [0.15, 0.2) is 47.1 Å².